The molecular weight excluding hydrogens is 430 g/mol. The SMILES string of the molecule is CC.CC(C)C(C)n1cnc2ccccc21.CC(Oc1ccc(C(C)(C)C)cn1)c1ccccc1. The fourth-order valence-electron chi connectivity index (χ4n) is 3.49. The van der Waals surface area contributed by atoms with Gasteiger partial charge in [-0.3, -0.25) is 0 Å². The van der Waals surface area contributed by atoms with Crippen LogP contribution in [0.4, 0.5) is 0 Å². The molecule has 4 heteroatoms. The predicted octanol–water partition coefficient (Wildman–Crippen LogP) is 8.80. The predicted molar refractivity (Wildman–Crippen MR) is 149 cm³/mol. The number of ether oxygens (including phenoxy) is 1. The van der Waals surface area contributed by atoms with E-state index >= 15 is 0 Å². The molecule has 0 fully saturated rings. The molecule has 188 valence electrons. The van der Waals surface area contributed by atoms with Gasteiger partial charge in [0, 0.05) is 18.3 Å². The minimum atomic E-state index is 0.00851. The quantitative estimate of drug-likeness (QED) is 0.291. The molecule has 0 aliphatic heterocycles. The minimum Gasteiger partial charge on any atom is -0.470 e. The molecule has 0 amide bonds. The third-order valence-corrected chi connectivity index (χ3v) is 6.05. The van der Waals surface area contributed by atoms with Crippen LogP contribution in [-0.4, -0.2) is 14.5 Å². The largest absolute Gasteiger partial charge is 0.470 e. The lowest BCUT2D eigenvalue weighted by molar-refractivity contribution is 0.217. The summed E-state index contributed by atoms with van der Waals surface area (Å²) in [6.07, 6.45) is 3.84. The second kappa shape index (κ2) is 13.1. The monoisotopic (exact) mass is 473 g/mol. The second-order valence-electron chi connectivity index (χ2n) is 9.93. The van der Waals surface area contributed by atoms with Gasteiger partial charge in [-0.05, 0) is 48.4 Å². The Bertz CT molecular complexity index is 1130. The van der Waals surface area contributed by atoms with Gasteiger partial charge in [0.15, 0.2) is 0 Å². The van der Waals surface area contributed by atoms with Crippen LogP contribution in [-0.2, 0) is 5.41 Å². The zero-order valence-corrected chi connectivity index (χ0v) is 23.0. The molecule has 2 atom stereocenters. The van der Waals surface area contributed by atoms with Crippen molar-refractivity contribution in [2.75, 3.05) is 0 Å². The van der Waals surface area contributed by atoms with Gasteiger partial charge in [-0.1, -0.05) is 97.0 Å². The van der Waals surface area contributed by atoms with Crippen molar-refractivity contribution in [3.8, 4) is 5.88 Å². The summed E-state index contributed by atoms with van der Waals surface area (Å²) in [7, 11) is 0. The Morgan fingerprint density at radius 2 is 1.40 bits per heavy atom. The molecule has 0 aliphatic carbocycles. The van der Waals surface area contributed by atoms with Crippen LogP contribution in [0.1, 0.15) is 85.6 Å². The highest BCUT2D eigenvalue weighted by Gasteiger charge is 2.15. The Kier molecular flexibility index (Phi) is 10.5. The summed E-state index contributed by atoms with van der Waals surface area (Å²) < 4.78 is 8.11. The van der Waals surface area contributed by atoms with Crippen LogP contribution in [0, 0.1) is 5.92 Å². The van der Waals surface area contributed by atoms with E-state index in [-0.39, 0.29) is 11.5 Å². The molecule has 35 heavy (non-hydrogen) atoms. The highest BCUT2D eigenvalue weighted by molar-refractivity contribution is 5.75. The van der Waals surface area contributed by atoms with Crippen LogP contribution >= 0.6 is 0 Å². The third-order valence-electron chi connectivity index (χ3n) is 6.05. The van der Waals surface area contributed by atoms with E-state index in [4.69, 9.17) is 4.74 Å². The van der Waals surface area contributed by atoms with Gasteiger partial charge in [0.25, 0.3) is 0 Å². The molecule has 4 aromatic rings. The van der Waals surface area contributed by atoms with Crippen molar-refractivity contribution < 1.29 is 4.74 Å². The molecule has 0 saturated heterocycles. The fourth-order valence-corrected chi connectivity index (χ4v) is 3.49. The molecule has 2 unspecified atom stereocenters. The Morgan fingerprint density at radius 3 is 1.97 bits per heavy atom. The van der Waals surface area contributed by atoms with E-state index in [0.29, 0.717) is 17.8 Å². The minimum absolute atomic E-state index is 0.00851. The molecule has 0 aliphatic rings. The number of hydrogen-bond acceptors (Lipinski definition) is 3. The van der Waals surface area contributed by atoms with Gasteiger partial charge in [0.1, 0.15) is 6.10 Å². The van der Waals surface area contributed by atoms with Crippen LogP contribution in [0.15, 0.2) is 79.3 Å². The van der Waals surface area contributed by atoms with Gasteiger partial charge in [0.2, 0.25) is 5.88 Å². The van der Waals surface area contributed by atoms with Gasteiger partial charge in [0.05, 0.1) is 17.4 Å². The molecule has 2 heterocycles. The van der Waals surface area contributed by atoms with Gasteiger partial charge in [-0.25, -0.2) is 9.97 Å². The highest BCUT2D eigenvalue weighted by Crippen LogP contribution is 2.25. The van der Waals surface area contributed by atoms with Crippen LogP contribution in [0.25, 0.3) is 11.0 Å². The van der Waals surface area contributed by atoms with Crippen molar-refractivity contribution in [2.45, 2.75) is 79.9 Å². The molecule has 2 aromatic carbocycles. The fraction of sp³-hybridized carbons (Fsp3) is 0.419. The number of hydrogen-bond donors (Lipinski definition) is 0. The number of aromatic nitrogens is 3. The molecule has 4 nitrogen and oxygen atoms in total. The first-order valence-electron chi connectivity index (χ1n) is 12.8. The van der Waals surface area contributed by atoms with Crippen LogP contribution in [0.3, 0.4) is 0 Å². The first-order chi connectivity index (χ1) is 16.7. The van der Waals surface area contributed by atoms with Crippen molar-refractivity contribution in [3.63, 3.8) is 0 Å². The first-order valence-corrected chi connectivity index (χ1v) is 12.8. The Hall–Kier alpha value is -3.14. The Labute approximate surface area is 212 Å². The summed E-state index contributed by atoms with van der Waals surface area (Å²) in [4.78, 5) is 8.77. The number of rotatable bonds is 5. The first kappa shape index (κ1) is 28.1. The summed E-state index contributed by atoms with van der Waals surface area (Å²) in [5.41, 5.74) is 4.81. The Morgan fingerprint density at radius 1 is 0.771 bits per heavy atom. The lowest BCUT2D eigenvalue weighted by atomic mass is 9.88. The van der Waals surface area contributed by atoms with Crippen molar-refractivity contribution in [3.05, 3.63) is 90.4 Å². The lowest BCUT2D eigenvalue weighted by Gasteiger charge is -2.19. The highest BCUT2D eigenvalue weighted by atomic mass is 16.5. The number of imidazole rings is 1. The van der Waals surface area contributed by atoms with Crippen molar-refractivity contribution in [1.29, 1.82) is 0 Å². The summed E-state index contributed by atoms with van der Waals surface area (Å²) >= 11 is 0. The maximum absolute atomic E-state index is 5.86. The number of fused-ring (bicyclic) bond motifs is 1. The van der Waals surface area contributed by atoms with E-state index in [1.807, 2.05) is 63.6 Å². The van der Waals surface area contributed by atoms with Gasteiger partial charge in [-0.15, -0.1) is 0 Å². The molecule has 0 radical (unpaired) electrons. The summed E-state index contributed by atoms with van der Waals surface area (Å²) in [5.74, 6) is 1.30. The summed E-state index contributed by atoms with van der Waals surface area (Å²) in [5, 5.41) is 0. The van der Waals surface area contributed by atoms with E-state index in [1.165, 1.54) is 11.1 Å². The maximum atomic E-state index is 5.86. The van der Waals surface area contributed by atoms with Gasteiger partial charge >= 0.3 is 0 Å². The average molecular weight is 474 g/mol. The van der Waals surface area contributed by atoms with Gasteiger partial charge in [-0.2, -0.15) is 0 Å². The Balaban J connectivity index is 0.000000239. The lowest BCUT2D eigenvalue weighted by Crippen LogP contribution is -2.11. The smallest absolute Gasteiger partial charge is 0.213 e. The topological polar surface area (TPSA) is 39.9 Å². The number of para-hydroxylation sites is 2. The zero-order valence-electron chi connectivity index (χ0n) is 23.0. The number of benzene rings is 2. The standard InChI is InChI=1S/C17H21NO.C12H16N2.C2H6/c1-13(14-8-6-5-7-9-14)19-16-11-10-15(12-18-16)17(2,3)4;1-9(2)10(3)14-8-13-11-6-4-5-7-12(11)14;1-2/h5-13H,1-4H3;4-10H,1-3H3;1-2H3. The van der Waals surface area contributed by atoms with E-state index < -0.39 is 0 Å². The molecular formula is C31H43N3O. The molecule has 0 saturated carbocycles. The molecule has 2 aromatic heterocycles. The average Bonchev–Trinajstić information content (AvgIpc) is 3.29. The van der Waals surface area contributed by atoms with Crippen LogP contribution in [0.2, 0.25) is 0 Å². The van der Waals surface area contributed by atoms with E-state index in [0.717, 1.165) is 11.1 Å². The van der Waals surface area contributed by atoms with E-state index in [9.17, 15) is 0 Å². The van der Waals surface area contributed by atoms with Crippen LogP contribution in [0.5, 0.6) is 5.88 Å². The number of pyridine rings is 1. The normalized spacial score (nSPS) is 12.7. The maximum Gasteiger partial charge on any atom is 0.213 e. The zero-order chi connectivity index (χ0) is 26.0. The van der Waals surface area contributed by atoms with E-state index in [1.54, 1.807) is 0 Å². The van der Waals surface area contributed by atoms with E-state index in [2.05, 4.69) is 92.5 Å². The molecule has 4 rings (SSSR count). The third kappa shape index (κ3) is 7.95. The summed E-state index contributed by atoms with van der Waals surface area (Å²) in [6.45, 7) is 19.3. The van der Waals surface area contributed by atoms with Gasteiger partial charge < -0.3 is 9.30 Å². The molecule has 0 N–H and O–H groups in total. The van der Waals surface area contributed by atoms with Crippen molar-refractivity contribution >= 4 is 11.0 Å². The van der Waals surface area contributed by atoms with Crippen molar-refractivity contribution in [2.24, 2.45) is 5.92 Å². The van der Waals surface area contributed by atoms with Crippen LogP contribution < -0.4 is 4.74 Å². The molecule has 0 bridgehead atoms. The number of nitrogens with zero attached hydrogens (tertiary/aromatic N) is 3. The van der Waals surface area contributed by atoms with Crippen molar-refractivity contribution in [1.82, 2.24) is 14.5 Å². The molecule has 0 spiro atoms. The summed E-state index contributed by atoms with van der Waals surface area (Å²) in [6, 6.07) is 23.0. The second-order valence-corrected chi connectivity index (χ2v) is 9.93.